The second-order valence-electron chi connectivity index (χ2n) is 4.96. The largest absolute Gasteiger partial charge is 0.494 e. The molecule has 1 aliphatic rings. The molecule has 8 heteroatoms. The van der Waals surface area contributed by atoms with Crippen LogP contribution in [-0.4, -0.2) is 39.9 Å². The second kappa shape index (κ2) is 6.88. The van der Waals surface area contributed by atoms with Crippen molar-refractivity contribution in [1.82, 2.24) is 4.98 Å². The van der Waals surface area contributed by atoms with Crippen LogP contribution < -0.4 is 14.2 Å². The van der Waals surface area contributed by atoms with Gasteiger partial charge in [0, 0.05) is 18.7 Å². The number of fused-ring (bicyclic) bond motifs is 1. The molecule has 0 amide bonds. The van der Waals surface area contributed by atoms with Crippen molar-refractivity contribution in [2.75, 3.05) is 20.3 Å². The number of sulfonamides is 1. The Morgan fingerprint density at radius 2 is 2.00 bits per heavy atom. The smallest absolute Gasteiger partial charge is 0.282 e. The molecule has 0 unspecified atom stereocenters. The fraction of sp³-hybridized carbons (Fsp3) is 0.250. The van der Waals surface area contributed by atoms with Crippen molar-refractivity contribution in [1.29, 1.82) is 0 Å². The van der Waals surface area contributed by atoms with Crippen LogP contribution in [0.15, 0.2) is 45.8 Å². The maximum absolute atomic E-state index is 12.4. The summed E-state index contributed by atoms with van der Waals surface area (Å²) in [6.45, 7) is 1.02. The van der Waals surface area contributed by atoms with E-state index in [4.69, 9.17) is 14.2 Å². The third-order valence-electron chi connectivity index (χ3n) is 3.35. The summed E-state index contributed by atoms with van der Waals surface area (Å²) in [6, 6.07) is 7.80. The Morgan fingerprint density at radius 1 is 1.21 bits per heavy atom. The molecule has 7 nitrogen and oxygen atoms in total. The Labute approximate surface area is 140 Å². The number of methoxy groups -OCH3 is 1. The Hall–Kier alpha value is -2.61. The number of nitrogens with zero attached hydrogens (tertiary/aromatic N) is 2. The molecule has 0 atom stereocenters. The number of benzene rings is 1. The van der Waals surface area contributed by atoms with Gasteiger partial charge in [0.05, 0.1) is 31.4 Å². The summed E-state index contributed by atoms with van der Waals surface area (Å²) >= 11 is 0. The molecule has 2 aromatic rings. The van der Waals surface area contributed by atoms with Crippen LogP contribution in [0.5, 0.6) is 17.2 Å². The van der Waals surface area contributed by atoms with Gasteiger partial charge in [0.1, 0.15) is 11.4 Å². The highest BCUT2D eigenvalue weighted by atomic mass is 32.2. The SMILES string of the molecule is COc1cccnc1/C=N/S(=O)(=O)c1ccc2c(c1)OCCCO2. The zero-order valence-corrected chi connectivity index (χ0v) is 13.8. The summed E-state index contributed by atoms with van der Waals surface area (Å²) in [5, 5.41) is 0. The first-order valence-electron chi connectivity index (χ1n) is 7.29. The predicted octanol–water partition coefficient (Wildman–Crippen LogP) is 2.06. The van der Waals surface area contributed by atoms with E-state index in [1.54, 1.807) is 18.2 Å². The molecule has 2 heterocycles. The summed E-state index contributed by atoms with van der Waals surface area (Å²) in [6.07, 6.45) is 3.44. The van der Waals surface area contributed by atoms with Crippen LogP contribution in [0, 0.1) is 0 Å². The maximum atomic E-state index is 12.4. The normalized spacial score (nSPS) is 14.4. The Morgan fingerprint density at radius 3 is 2.79 bits per heavy atom. The van der Waals surface area contributed by atoms with Crippen LogP contribution in [0.25, 0.3) is 0 Å². The van der Waals surface area contributed by atoms with Gasteiger partial charge in [-0.05, 0) is 24.3 Å². The van der Waals surface area contributed by atoms with Gasteiger partial charge in [-0.15, -0.1) is 0 Å². The van der Waals surface area contributed by atoms with E-state index in [0.717, 1.165) is 12.6 Å². The van der Waals surface area contributed by atoms with Gasteiger partial charge in [0.15, 0.2) is 11.5 Å². The predicted molar refractivity (Wildman–Crippen MR) is 87.6 cm³/mol. The minimum atomic E-state index is -3.89. The van der Waals surface area contributed by atoms with E-state index in [1.807, 2.05) is 0 Å². The van der Waals surface area contributed by atoms with Crippen molar-refractivity contribution in [3.63, 3.8) is 0 Å². The van der Waals surface area contributed by atoms with Crippen molar-refractivity contribution in [3.05, 3.63) is 42.2 Å². The van der Waals surface area contributed by atoms with Crippen molar-refractivity contribution < 1.29 is 22.6 Å². The Kier molecular flexibility index (Phi) is 4.66. The third kappa shape index (κ3) is 3.48. The van der Waals surface area contributed by atoms with Gasteiger partial charge in [0.25, 0.3) is 10.0 Å². The van der Waals surface area contributed by atoms with Crippen LogP contribution in [0.2, 0.25) is 0 Å². The average molecular weight is 348 g/mol. The summed E-state index contributed by atoms with van der Waals surface area (Å²) in [5.41, 5.74) is 0.331. The van der Waals surface area contributed by atoms with Gasteiger partial charge in [-0.3, -0.25) is 4.98 Å². The minimum Gasteiger partial charge on any atom is -0.494 e. The first kappa shape index (κ1) is 16.3. The molecule has 3 rings (SSSR count). The van der Waals surface area contributed by atoms with Gasteiger partial charge in [0.2, 0.25) is 0 Å². The van der Waals surface area contributed by atoms with Crippen LogP contribution in [-0.2, 0) is 10.0 Å². The lowest BCUT2D eigenvalue weighted by Gasteiger charge is -2.08. The molecule has 1 aromatic heterocycles. The summed E-state index contributed by atoms with van der Waals surface area (Å²) in [7, 11) is -2.41. The van der Waals surface area contributed by atoms with Crippen LogP contribution in [0.3, 0.4) is 0 Å². The molecular weight excluding hydrogens is 332 g/mol. The number of hydrogen-bond donors (Lipinski definition) is 0. The third-order valence-corrected chi connectivity index (χ3v) is 4.58. The number of aromatic nitrogens is 1. The van der Waals surface area contributed by atoms with Crippen LogP contribution in [0.4, 0.5) is 0 Å². The minimum absolute atomic E-state index is 0.0258. The van der Waals surface area contributed by atoms with E-state index in [-0.39, 0.29) is 4.90 Å². The average Bonchev–Trinajstić information content (AvgIpc) is 2.85. The van der Waals surface area contributed by atoms with Crippen LogP contribution >= 0.6 is 0 Å². The van der Waals surface area contributed by atoms with E-state index >= 15 is 0 Å². The van der Waals surface area contributed by atoms with E-state index < -0.39 is 10.0 Å². The molecule has 0 saturated heterocycles. The van der Waals surface area contributed by atoms with Crippen LogP contribution in [0.1, 0.15) is 12.1 Å². The quantitative estimate of drug-likeness (QED) is 0.786. The lowest BCUT2D eigenvalue weighted by Crippen LogP contribution is -2.01. The molecule has 126 valence electrons. The van der Waals surface area contributed by atoms with Crippen molar-refractivity contribution >= 4 is 16.2 Å². The standard InChI is InChI=1S/C16H16N2O5S/c1-21-14-4-2-7-17-13(14)11-18-24(19,20)12-5-6-15-16(10-12)23-9-3-8-22-15/h2,4-7,10-11H,3,8-9H2,1H3/b18-11+. The molecule has 0 saturated carbocycles. The van der Waals surface area contributed by atoms with Gasteiger partial charge in [-0.25, -0.2) is 0 Å². The first-order chi connectivity index (χ1) is 11.6. The molecule has 0 spiro atoms. The number of ether oxygens (including phenoxy) is 3. The zero-order chi connectivity index (χ0) is 17.0. The zero-order valence-electron chi connectivity index (χ0n) is 13.0. The molecule has 0 aliphatic carbocycles. The van der Waals surface area contributed by atoms with E-state index in [1.165, 1.54) is 25.4 Å². The fourth-order valence-electron chi connectivity index (χ4n) is 2.16. The molecule has 0 N–H and O–H groups in total. The van der Waals surface area contributed by atoms with E-state index in [2.05, 4.69) is 9.38 Å². The second-order valence-corrected chi connectivity index (χ2v) is 6.59. The fourth-order valence-corrected chi connectivity index (χ4v) is 3.01. The molecule has 0 fully saturated rings. The highest BCUT2D eigenvalue weighted by Crippen LogP contribution is 2.32. The first-order valence-corrected chi connectivity index (χ1v) is 8.73. The monoisotopic (exact) mass is 348 g/mol. The van der Waals surface area contributed by atoms with Crippen molar-refractivity contribution in [2.24, 2.45) is 4.40 Å². The summed E-state index contributed by atoms with van der Waals surface area (Å²) in [4.78, 5) is 4.07. The number of hydrogen-bond acceptors (Lipinski definition) is 6. The molecule has 0 bridgehead atoms. The van der Waals surface area contributed by atoms with Gasteiger partial charge in [-0.1, -0.05) is 0 Å². The van der Waals surface area contributed by atoms with Gasteiger partial charge >= 0.3 is 0 Å². The topological polar surface area (TPSA) is 87.1 Å². The maximum Gasteiger partial charge on any atom is 0.282 e. The molecule has 1 aliphatic heterocycles. The van der Waals surface area contributed by atoms with Crippen molar-refractivity contribution in [3.8, 4) is 17.2 Å². The molecule has 24 heavy (non-hydrogen) atoms. The highest BCUT2D eigenvalue weighted by molar-refractivity contribution is 7.90. The number of rotatable bonds is 4. The van der Waals surface area contributed by atoms with Gasteiger partial charge in [-0.2, -0.15) is 12.8 Å². The van der Waals surface area contributed by atoms with E-state index in [9.17, 15) is 8.42 Å². The molecule has 0 radical (unpaired) electrons. The molecular formula is C16H16N2O5S. The lowest BCUT2D eigenvalue weighted by atomic mass is 10.3. The Balaban J connectivity index is 1.90. The molecule has 1 aromatic carbocycles. The van der Waals surface area contributed by atoms with E-state index in [0.29, 0.717) is 36.2 Å². The van der Waals surface area contributed by atoms with Crippen molar-refractivity contribution in [2.45, 2.75) is 11.3 Å². The lowest BCUT2D eigenvalue weighted by molar-refractivity contribution is 0.297. The summed E-state index contributed by atoms with van der Waals surface area (Å²) < 4.78 is 44.6. The number of pyridine rings is 1. The van der Waals surface area contributed by atoms with Gasteiger partial charge < -0.3 is 14.2 Å². The summed E-state index contributed by atoms with van der Waals surface area (Å²) in [5.74, 6) is 1.37. The highest BCUT2D eigenvalue weighted by Gasteiger charge is 2.18. The Bertz CT molecular complexity index is 865.